The summed E-state index contributed by atoms with van der Waals surface area (Å²) in [5.41, 5.74) is -2.24. The highest BCUT2D eigenvalue weighted by Gasteiger charge is 2.38. The fourth-order valence-electron chi connectivity index (χ4n) is 4.02. The SMILES string of the molecule is COc1ccccc1N=C(c1ccccc1)N(c1ccccc1OC)c1c([N+](=O)[O-])cc([N+](=O)[O-])cc1[N+](=O)[O-]. The molecule has 0 saturated heterocycles. The van der Waals surface area contributed by atoms with E-state index >= 15 is 0 Å². The molecule has 0 amide bonds. The first kappa shape index (κ1) is 27.2. The summed E-state index contributed by atoms with van der Waals surface area (Å²) >= 11 is 0. The normalized spacial score (nSPS) is 11.0. The van der Waals surface area contributed by atoms with Crippen molar-refractivity contribution in [1.29, 1.82) is 0 Å². The molecule has 4 rings (SSSR count). The lowest BCUT2D eigenvalue weighted by Crippen LogP contribution is -2.29. The standard InChI is InChI=1S/C27H21N5O8/c1-39-24-14-8-6-12-20(24)28-27(18-10-4-3-5-11-18)29(21-13-7-9-15-25(21)40-2)26-22(31(35)36)16-19(30(33)34)17-23(26)32(37)38/h3-17H,1-2H3. The van der Waals surface area contributed by atoms with E-state index in [2.05, 4.69) is 0 Å². The first-order valence-corrected chi connectivity index (χ1v) is 11.6. The van der Waals surface area contributed by atoms with Gasteiger partial charge in [-0.25, -0.2) is 4.99 Å². The molecule has 40 heavy (non-hydrogen) atoms. The molecule has 0 bridgehead atoms. The van der Waals surface area contributed by atoms with Crippen LogP contribution in [0.15, 0.2) is 96.0 Å². The van der Waals surface area contributed by atoms with Crippen molar-refractivity contribution in [2.45, 2.75) is 0 Å². The molecular formula is C27H21N5O8. The van der Waals surface area contributed by atoms with E-state index < -0.39 is 37.5 Å². The minimum Gasteiger partial charge on any atom is -0.495 e. The van der Waals surface area contributed by atoms with Crippen LogP contribution in [0.25, 0.3) is 0 Å². The molecule has 13 heteroatoms. The Labute approximate surface area is 227 Å². The number of para-hydroxylation sites is 4. The number of nitro groups is 3. The van der Waals surface area contributed by atoms with E-state index in [0.29, 0.717) is 29.1 Å². The molecule has 0 aromatic heterocycles. The predicted molar refractivity (Wildman–Crippen MR) is 147 cm³/mol. The van der Waals surface area contributed by atoms with Crippen molar-refractivity contribution in [2.24, 2.45) is 4.99 Å². The molecule has 0 spiro atoms. The van der Waals surface area contributed by atoms with Gasteiger partial charge in [0, 0.05) is 5.56 Å². The van der Waals surface area contributed by atoms with Crippen molar-refractivity contribution in [3.8, 4) is 11.5 Å². The van der Waals surface area contributed by atoms with Gasteiger partial charge < -0.3 is 9.47 Å². The Kier molecular flexibility index (Phi) is 7.94. The Morgan fingerprint density at radius 1 is 0.700 bits per heavy atom. The van der Waals surface area contributed by atoms with Gasteiger partial charge in [0.1, 0.15) is 23.0 Å². The van der Waals surface area contributed by atoms with E-state index in [0.717, 1.165) is 0 Å². The maximum atomic E-state index is 12.3. The van der Waals surface area contributed by atoms with Gasteiger partial charge in [0.25, 0.3) is 5.69 Å². The van der Waals surface area contributed by atoms with Crippen molar-refractivity contribution in [2.75, 3.05) is 19.1 Å². The zero-order valence-electron chi connectivity index (χ0n) is 21.2. The molecule has 0 aliphatic rings. The van der Waals surface area contributed by atoms with E-state index in [9.17, 15) is 30.3 Å². The summed E-state index contributed by atoms with van der Waals surface area (Å²) in [5, 5.41) is 36.2. The number of hydrogen-bond acceptors (Lipinski definition) is 9. The Morgan fingerprint density at radius 2 is 1.23 bits per heavy atom. The summed E-state index contributed by atoms with van der Waals surface area (Å²) in [6.07, 6.45) is 0. The van der Waals surface area contributed by atoms with Crippen LogP contribution in [0, 0.1) is 30.3 Å². The van der Waals surface area contributed by atoms with Gasteiger partial charge >= 0.3 is 11.4 Å². The number of methoxy groups -OCH3 is 2. The molecule has 0 fully saturated rings. The molecule has 0 saturated carbocycles. The van der Waals surface area contributed by atoms with Crippen molar-refractivity contribution in [1.82, 2.24) is 0 Å². The average molecular weight is 543 g/mol. The molecule has 0 N–H and O–H groups in total. The zero-order chi connectivity index (χ0) is 28.8. The lowest BCUT2D eigenvalue weighted by molar-refractivity contribution is -0.402. The number of benzene rings is 4. The molecule has 0 aliphatic heterocycles. The minimum atomic E-state index is -0.932. The zero-order valence-corrected chi connectivity index (χ0v) is 21.2. The molecular weight excluding hydrogens is 522 g/mol. The van der Waals surface area contributed by atoms with Crippen LogP contribution < -0.4 is 14.4 Å². The molecule has 4 aromatic rings. The van der Waals surface area contributed by atoms with E-state index in [1.165, 1.54) is 25.2 Å². The monoisotopic (exact) mass is 543 g/mol. The molecule has 0 aliphatic carbocycles. The number of rotatable bonds is 9. The van der Waals surface area contributed by atoms with Gasteiger partial charge in [0.2, 0.25) is 5.69 Å². The van der Waals surface area contributed by atoms with Gasteiger partial charge in [-0.1, -0.05) is 54.6 Å². The topological polar surface area (TPSA) is 163 Å². The Balaban J connectivity index is 2.22. The highest BCUT2D eigenvalue weighted by atomic mass is 16.6. The number of ether oxygens (including phenoxy) is 2. The summed E-state index contributed by atoms with van der Waals surface area (Å²) in [7, 11) is 2.82. The molecule has 0 atom stereocenters. The fraction of sp³-hybridized carbons (Fsp3) is 0.0741. The van der Waals surface area contributed by atoms with Gasteiger partial charge in [0.05, 0.1) is 46.8 Å². The summed E-state index contributed by atoms with van der Waals surface area (Å²) in [4.78, 5) is 39.4. The Bertz CT molecular complexity index is 1590. The number of anilines is 2. The van der Waals surface area contributed by atoms with Crippen molar-refractivity contribution in [3.05, 3.63) is 127 Å². The largest absolute Gasteiger partial charge is 0.495 e. The second kappa shape index (κ2) is 11.7. The van der Waals surface area contributed by atoms with Gasteiger partial charge in [0.15, 0.2) is 0 Å². The number of non-ortho nitro benzene ring substituents is 1. The average Bonchev–Trinajstić information content (AvgIpc) is 2.97. The molecule has 13 nitrogen and oxygen atoms in total. The third-order valence-electron chi connectivity index (χ3n) is 5.76. The second-order valence-electron chi connectivity index (χ2n) is 8.08. The van der Waals surface area contributed by atoms with E-state index in [4.69, 9.17) is 14.5 Å². The van der Waals surface area contributed by atoms with Crippen LogP contribution >= 0.6 is 0 Å². The van der Waals surface area contributed by atoms with Gasteiger partial charge in [-0.2, -0.15) is 0 Å². The summed E-state index contributed by atoms with van der Waals surface area (Å²) in [6.45, 7) is 0. The maximum absolute atomic E-state index is 12.3. The van der Waals surface area contributed by atoms with Crippen molar-refractivity contribution >= 4 is 40.0 Å². The molecule has 0 heterocycles. The summed E-state index contributed by atoms with van der Waals surface area (Å²) in [6, 6.07) is 22.9. The van der Waals surface area contributed by atoms with Crippen LogP contribution in [0.1, 0.15) is 5.56 Å². The van der Waals surface area contributed by atoms with Crippen LogP contribution in [-0.2, 0) is 0 Å². The molecule has 0 radical (unpaired) electrons. The number of amidine groups is 1. The first-order chi connectivity index (χ1) is 19.3. The quantitative estimate of drug-likeness (QED) is 0.101. The molecule has 0 unspecified atom stereocenters. The number of hydrogen-bond donors (Lipinski definition) is 0. The molecule has 4 aromatic carbocycles. The smallest absolute Gasteiger partial charge is 0.307 e. The minimum absolute atomic E-state index is 0.0228. The highest BCUT2D eigenvalue weighted by Crippen LogP contribution is 2.47. The number of nitrogens with zero attached hydrogens (tertiary/aromatic N) is 5. The van der Waals surface area contributed by atoms with Crippen LogP contribution in [0.4, 0.5) is 34.1 Å². The van der Waals surface area contributed by atoms with E-state index in [1.54, 1.807) is 72.8 Å². The van der Waals surface area contributed by atoms with Crippen LogP contribution in [0.3, 0.4) is 0 Å². The van der Waals surface area contributed by atoms with Gasteiger partial charge in [-0.05, 0) is 24.3 Å². The Hall–Kier alpha value is -5.85. The van der Waals surface area contributed by atoms with Crippen molar-refractivity contribution in [3.63, 3.8) is 0 Å². The third kappa shape index (κ3) is 5.38. The number of nitro benzene ring substituents is 3. The lowest BCUT2D eigenvalue weighted by Gasteiger charge is -2.27. The lowest BCUT2D eigenvalue weighted by atomic mass is 10.1. The van der Waals surface area contributed by atoms with Crippen LogP contribution in [0.2, 0.25) is 0 Å². The second-order valence-corrected chi connectivity index (χ2v) is 8.08. The third-order valence-corrected chi connectivity index (χ3v) is 5.76. The summed E-state index contributed by atoms with van der Waals surface area (Å²) < 4.78 is 11.0. The molecule has 202 valence electrons. The number of aliphatic imine (C=N–C) groups is 1. The maximum Gasteiger partial charge on any atom is 0.307 e. The van der Waals surface area contributed by atoms with Gasteiger partial charge in [-0.15, -0.1) is 0 Å². The van der Waals surface area contributed by atoms with Crippen LogP contribution in [0.5, 0.6) is 11.5 Å². The van der Waals surface area contributed by atoms with E-state index in [-0.39, 0.29) is 17.3 Å². The fourth-order valence-corrected chi connectivity index (χ4v) is 4.02. The Morgan fingerprint density at radius 3 is 1.77 bits per heavy atom. The highest BCUT2D eigenvalue weighted by molar-refractivity contribution is 6.18. The van der Waals surface area contributed by atoms with E-state index in [1.807, 2.05) is 0 Å². The van der Waals surface area contributed by atoms with Crippen molar-refractivity contribution < 1.29 is 24.2 Å². The van der Waals surface area contributed by atoms with Gasteiger partial charge in [-0.3, -0.25) is 35.2 Å². The summed E-state index contributed by atoms with van der Waals surface area (Å²) in [5.74, 6) is 0.589. The predicted octanol–water partition coefficient (Wildman–Crippen LogP) is 6.35. The van der Waals surface area contributed by atoms with Crippen LogP contribution in [-0.4, -0.2) is 34.8 Å². The first-order valence-electron chi connectivity index (χ1n) is 11.6.